The van der Waals surface area contributed by atoms with E-state index >= 15 is 0 Å². The normalized spacial score (nSPS) is 18.2. The number of carbonyl (C=O) groups is 2. The van der Waals surface area contributed by atoms with Gasteiger partial charge in [-0.2, -0.15) is 0 Å². The van der Waals surface area contributed by atoms with Crippen molar-refractivity contribution in [1.29, 1.82) is 0 Å². The molecule has 2 N–H and O–H groups in total. The van der Waals surface area contributed by atoms with Crippen molar-refractivity contribution in [2.24, 2.45) is 11.7 Å². The van der Waals surface area contributed by atoms with Gasteiger partial charge in [0, 0.05) is 32.1 Å². The molecular weight excluding hydrogens is 309 g/mol. The lowest BCUT2D eigenvalue weighted by Gasteiger charge is -2.38. The van der Waals surface area contributed by atoms with Crippen LogP contribution >= 0.6 is 0 Å². The number of primary amides is 1. The largest absolute Gasteiger partial charge is 0.368 e. The van der Waals surface area contributed by atoms with Gasteiger partial charge in [-0.15, -0.1) is 0 Å². The third kappa shape index (κ3) is 4.54. The molecule has 0 aliphatic carbocycles. The van der Waals surface area contributed by atoms with Gasteiger partial charge in [0.05, 0.1) is 6.04 Å². The number of halogens is 1. The molecule has 2 amide bonds. The van der Waals surface area contributed by atoms with Crippen LogP contribution in [0, 0.1) is 11.7 Å². The number of amides is 2. The van der Waals surface area contributed by atoms with Crippen LogP contribution < -0.4 is 5.73 Å². The van der Waals surface area contributed by atoms with Crippen LogP contribution in [-0.4, -0.2) is 53.8 Å². The van der Waals surface area contributed by atoms with Gasteiger partial charge >= 0.3 is 0 Å². The van der Waals surface area contributed by atoms with Gasteiger partial charge in [0.2, 0.25) is 11.8 Å². The summed E-state index contributed by atoms with van der Waals surface area (Å²) in [6.45, 7) is 6.17. The van der Waals surface area contributed by atoms with E-state index in [1.165, 1.54) is 6.07 Å². The lowest BCUT2D eigenvalue weighted by Crippen LogP contribution is -2.55. The predicted octanol–water partition coefficient (Wildman–Crippen LogP) is 1.41. The molecule has 0 spiro atoms. The highest BCUT2D eigenvalue weighted by molar-refractivity contribution is 5.80. The average Bonchev–Trinajstić information content (AvgIpc) is 2.59. The minimum Gasteiger partial charge on any atom is -0.368 e. The van der Waals surface area contributed by atoms with E-state index in [4.69, 9.17) is 5.73 Å². The average molecular weight is 335 g/mol. The Kier molecular flexibility index (Phi) is 6.31. The molecule has 24 heavy (non-hydrogen) atoms. The molecule has 132 valence electrons. The number of nitrogens with two attached hydrogens (primary N) is 1. The van der Waals surface area contributed by atoms with Crippen molar-refractivity contribution in [2.45, 2.75) is 32.7 Å². The lowest BCUT2D eigenvalue weighted by atomic mass is 9.99. The maximum absolute atomic E-state index is 13.6. The number of hydrogen-bond acceptors (Lipinski definition) is 3. The van der Waals surface area contributed by atoms with E-state index in [-0.39, 0.29) is 29.6 Å². The molecule has 1 aromatic rings. The molecule has 6 heteroatoms. The van der Waals surface area contributed by atoms with Crippen LogP contribution in [-0.2, 0) is 16.0 Å². The fourth-order valence-electron chi connectivity index (χ4n) is 3.02. The summed E-state index contributed by atoms with van der Waals surface area (Å²) in [4.78, 5) is 27.6. The van der Waals surface area contributed by atoms with E-state index in [0.29, 0.717) is 44.6 Å². The van der Waals surface area contributed by atoms with Crippen LogP contribution in [0.5, 0.6) is 0 Å². The van der Waals surface area contributed by atoms with E-state index in [1.807, 2.05) is 22.8 Å². The zero-order valence-electron chi connectivity index (χ0n) is 14.4. The summed E-state index contributed by atoms with van der Waals surface area (Å²) >= 11 is 0. The van der Waals surface area contributed by atoms with Crippen molar-refractivity contribution in [3.05, 3.63) is 35.6 Å². The van der Waals surface area contributed by atoms with Crippen LogP contribution in [0.2, 0.25) is 0 Å². The molecule has 0 aromatic heterocycles. The Morgan fingerprint density at radius 2 is 1.79 bits per heavy atom. The van der Waals surface area contributed by atoms with E-state index in [2.05, 4.69) is 0 Å². The van der Waals surface area contributed by atoms with Crippen molar-refractivity contribution in [1.82, 2.24) is 9.80 Å². The number of aryl methyl sites for hydroxylation is 1. The Hall–Kier alpha value is -1.95. The van der Waals surface area contributed by atoms with Gasteiger partial charge in [-0.3, -0.25) is 14.5 Å². The van der Waals surface area contributed by atoms with Crippen molar-refractivity contribution < 1.29 is 14.0 Å². The summed E-state index contributed by atoms with van der Waals surface area (Å²) in [5.41, 5.74) is 5.97. The number of hydrogen-bond donors (Lipinski definition) is 1. The first-order chi connectivity index (χ1) is 11.4. The zero-order chi connectivity index (χ0) is 17.7. The Balaban J connectivity index is 1.82. The molecule has 0 radical (unpaired) electrons. The standard InChI is InChI=1S/C18H26FN3O2/c1-13(7-8-15-5-3-4-6-16(15)19)18(24)22-11-9-21(10-12-22)14(2)17(20)23/h3-6,13-14H,7-12H2,1-2H3,(H2,20,23)/t13-,14-/m0/s1. The molecule has 1 heterocycles. The molecule has 1 saturated heterocycles. The molecule has 1 aliphatic rings. The second-order valence-electron chi connectivity index (χ2n) is 6.47. The van der Waals surface area contributed by atoms with Gasteiger partial charge in [0.1, 0.15) is 5.82 Å². The second kappa shape index (κ2) is 8.24. The highest BCUT2D eigenvalue weighted by atomic mass is 19.1. The van der Waals surface area contributed by atoms with Crippen LogP contribution in [0.3, 0.4) is 0 Å². The molecule has 0 saturated carbocycles. The number of piperazine rings is 1. The predicted molar refractivity (Wildman–Crippen MR) is 90.7 cm³/mol. The summed E-state index contributed by atoms with van der Waals surface area (Å²) in [6, 6.07) is 6.38. The minimum absolute atomic E-state index is 0.0951. The third-order valence-electron chi connectivity index (χ3n) is 4.81. The molecule has 5 nitrogen and oxygen atoms in total. The maximum Gasteiger partial charge on any atom is 0.234 e. The number of nitrogens with zero attached hydrogens (tertiary/aromatic N) is 2. The topological polar surface area (TPSA) is 66.6 Å². The molecule has 1 aromatic carbocycles. The first kappa shape index (κ1) is 18.4. The molecule has 2 atom stereocenters. The highest BCUT2D eigenvalue weighted by Gasteiger charge is 2.28. The quantitative estimate of drug-likeness (QED) is 0.855. The highest BCUT2D eigenvalue weighted by Crippen LogP contribution is 2.16. The summed E-state index contributed by atoms with van der Waals surface area (Å²) < 4.78 is 13.6. The van der Waals surface area contributed by atoms with Crippen molar-refractivity contribution in [3.8, 4) is 0 Å². The fraction of sp³-hybridized carbons (Fsp3) is 0.556. The maximum atomic E-state index is 13.6. The second-order valence-corrected chi connectivity index (χ2v) is 6.47. The summed E-state index contributed by atoms with van der Waals surface area (Å²) in [7, 11) is 0. The smallest absolute Gasteiger partial charge is 0.234 e. The Morgan fingerprint density at radius 1 is 1.17 bits per heavy atom. The number of carbonyl (C=O) groups excluding carboxylic acids is 2. The Morgan fingerprint density at radius 3 is 2.38 bits per heavy atom. The fourth-order valence-corrected chi connectivity index (χ4v) is 3.02. The van der Waals surface area contributed by atoms with E-state index in [1.54, 1.807) is 19.1 Å². The summed E-state index contributed by atoms with van der Waals surface area (Å²) in [5, 5.41) is 0. The van der Waals surface area contributed by atoms with E-state index in [9.17, 15) is 14.0 Å². The number of rotatable bonds is 6. The van der Waals surface area contributed by atoms with Gasteiger partial charge in [0.15, 0.2) is 0 Å². The lowest BCUT2D eigenvalue weighted by molar-refractivity contribution is -0.137. The molecule has 1 fully saturated rings. The molecule has 2 rings (SSSR count). The summed E-state index contributed by atoms with van der Waals surface area (Å²) in [6.07, 6.45) is 1.18. The van der Waals surface area contributed by atoms with Gasteiger partial charge in [-0.1, -0.05) is 25.1 Å². The first-order valence-electron chi connectivity index (χ1n) is 8.45. The van der Waals surface area contributed by atoms with Gasteiger partial charge in [-0.05, 0) is 31.4 Å². The zero-order valence-corrected chi connectivity index (χ0v) is 14.4. The molecular formula is C18H26FN3O2. The Bertz CT molecular complexity index is 585. The van der Waals surface area contributed by atoms with Gasteiger partial charge < -0.3 is 10.6 Å². The Labute approximate surface area is 142 Å². The first-order valence-corrected chi connectivity index (χ1v) is 8.45. The van der Waals surface area contributed by atoms with Crippen LogP contribution in [0.15, 0.2) is 24.3 Å². The SMILES string of the molecule is C[C@@H](CCc1ccccc1F)C(=O)N1CCN([C@@H](C)C(N)=O)CC1. The van der Waals surface area contributed by atoms with Crippen LogP contribution in [0.25, 0.3) is 0 Å². The molecule has 0 bridgehead atoms. The minimum atomic E-state index is -0.340. The van der Waals surface area contributed by atoms with Gasteiger partial charge in [0.25, 0.3) is 0 Å². The number of benzene rings is 1. The van der Waals surface area contributed by atoms with Crippen molar-refractivity contribution >= 4 is 11.8 Å². The van der Waals surface area contributed by atoms with Crippen molar-refractivity contribution in [2.75, 3.05) is 26.2 Å². The van der Waals surface area contributed by atoms with E-state index < -0.39 is 0 Å². The van der Waals surface area contributed by atoms with E-state index in [0.717, 1.165) is 0 Å². The van der Waals surface area contributed by atoms with Gasteiger partial charge in [-0.25, -0.2) is 4.39 Å². The summed E-state index contributed by atoms with van der Waals surface area (Å²) in [5.74, 6) is -0.610. The molecule has 0 unspecified atom stereocenters. The van der Waals surface area contributed by atoms with Crippen LogP contribution in [0.1, 0.15) is 25.8 Å². The van der Waals surface area contributed by atoms with Crippen molar-refractivity contribution in [3.63, 3.8) is 0 Å². The third-order valence-corrected chi connectivity index (χ3v) is 4.81. The monoisotopic (exact) mass is 335 g/mol. The van der Waals surface area contributed by atoms with Crippen LogP contribution in [0.4, 0.5) is 4.39 Å². The molecule has 1 aliphatic heterocycles.